The zero-order chi connectivity index (χ0) is 17.5. The van der Waals surface area contributed by atoms with Crippen LogP contribution in [0.1, 0.15) is 31.2 Å². The summed E-state index contributed by atoms with van der Waals surface area (Å²) in [5, 5.41) is 0. The zero-order valence-corrected chi connectivity index (χ0v) is 15.1. The summed E-state index contributed by atoms with van der Waals surface area (Å²) < 4.78 is 13.4. The Morgan fingerprint density at radius 3 is 2.56 bits per heavy atom. The van der Waals surface area contributed by atoms with Crippen LogP contribution in [0.5, 0.6) is 5.75 Å². The van der Waals surface area contributed by atoms with Crippen LogP contribution in [0.3, 0.4) is 0 Å². The molecule has 0 saturated heterocycles. The minimum Gasteiger partial charge on any atom is -0.494 e. The second kappa shape index (κ2) is 8.67. The predicted octanol–water partition coefficient (Wildman–Crippen LogP) is 4.60. The van der Waals surface area contributed by atoms with Crippen LogP contribution in [-0.4, -0.2) is 23.3 Å². The first-order valence-corrected chi connectivity index (χ1v) is 8.96. The molecule has 3 aromatic rings. The Morgan fingerprint density at radius 2 is 1.80 bits per heavy atom. The van der Waals surface area contributed by atoms with E-state index >= 15 is 0 Å². The zero-order valence-electron chi connectivity index (χ0n) is 15.1. The largest absolute Gasteiger partial charge is 0.494 e. The van der Waals surface area contributed by atoms with Crippen molar-refractivity contribution < 1.29 is 9.47 Å². The molecule has 2 aromatic carbocycles. The number of hydrogen-bond donors (Lipinski definition) is 0. The monoisotopic (exact) mass is 338 g/mol. The van der Waals surface area contributed by atoms with Crippen molar-refractivity contribution in [3.63, 3.8) is 0 Å². The Kier molecular flexibility index (Phi) is 6.07. The van der Waals surface area contributed by atoms with Crippen molar-refractivity contribution >= 4 is 11.0 Å². The van der Waals surface area contributed by atoms with Crippen molar-refractivity contribution in [1.29, 1.82) is 0 Å². The van der Waals surface area contributed by atoms with Gasteiger partial charge in [0, 0.05) is 13.7 Å². The molecule has 25 heavy (non-hydrogen) atoms. The highest BCUT2D eigenvalue weighted by atomic mass is 16.5. The van der Waals surface area contributed by atoms with E-state index in [0.29, 0.717) is 6.61 Å². The number of benzene rings is 2. The van der Waals surface area contributed by atoms with Crippen LogP contribution in [-0.2, 0) is 24.3 Å². The Bertz CT molecular complexity index is 793. The normalized spacial score (nSPS) is 11.1. The third-order valence-electron chi connectivity index (χ3n) is 4.38. The summed E-state index contributed by atoms with van der Waals surface area (Å²) in [5.41, 5.74) is 3.54. The van der Waals surface area contributed by atoms with Crippen molar-refractivity contribution in [2.75, 3.05) is 13.7 Å². The number of aryl methyl sites for hydroxylation is 2. The number of imidazole rings is 1. The highest BCUT2D eigenvalue weighted by Gasteiger charge is 2.09. The number of aromatic nitrogens is 2. The maximum atomic E-state index is 5.84. The summed E-state index contributed by atoms with van der Waals surface area (Å²) in [6, 6.07) is 16.6. The van der Waals surface area contributed by atoms with Crippen molar-refractivity contribution in [1.82, 2.24) is 9.55 Å². The average Bonchev–Trinajstić information content (AvgIpc) is 3.00. The third kappa shape index (κ3) is 4.40. The van der Waals surface area contributed by atoms with Gasteiger partial charge < -0.3 is 14.0 Å². The van der Waals surface area contributed by atoms with Crippen LogP contribution in [0.15, 0.2) is 48.5 Å². The lowest BCUT2D eigenvalue weighted by Crippen LogP contribution is -2.07. The number of fused-ring (bicyclic) bond motifs is 1. The van der Waals surface area contributed by atoms with Gasteiger partial charge in [-0.2, -0.15) is 0 Å². The van der Waals surface area contributed by atoms with Crippen LogP contribution >= 0.6 is 0 Å². The van der Waals surface area contributed by atoms with Crippen LogP contribution in [0, 0.1) is 0 Å². The molecular formula is C21H26N2O2. The summed E-state index contributed by atoms with van der Waals surface area (Å²) in [6.45, 7) is 4.36. The quantitative estimate of drug-likeness (QED) is 0.535. The third-order valence-corrected chi connectivity index (χ3v) is 4.38. The molecule has 0 fully saturated rings. The Balaban J connectivity index is 1.53. The van der Waals surface area contributed by atoms with Gasteiger partial charge in [0.05, 0.1) is 17.6 Å². The average molecular weight is 338 g/mol. The molecule has 0 bridgehead atoms. The lowest BCUT2D eigenvalue weighted by atomic mass is 10.2. The molecule has 0 N–H and O–H groups in total. The van der Waals surface area contributed by atoms with Gasteiger partial charge in [-0.05, 0) is 49.1 Å². The van der Waals surface area contributed by atoms with Gasteiger partial charge in [0.25, 0.3) is 0 Å². The van der Waals surface area contributed by atoms with Gasteiger partial charge >= 0.3 is 0 Å². The van der Waals surface area contributed by atoms with E-state index in [4.69, 9.17) is 9.47 Å². The molecule has 1 heterocycles. The van der Waals surface area contributed by atoms with E-state index in [1.54, 1.807) is 7.11 Å². The molecule has 0 amide bonds. The van der Waals surface area contributed by atoms with Crippen molar-refractivity contribution in [2.24, 2.45) is 0 Å². The number of rotatable bonds is 9. The van der Waals surface area contributed by atoms with E-state index in [2.05, 4.69) is 52.9 Å². The smallest absolute Gasteiger partial charge is 0.135 e. The first-order valence-electron chi connectivity index (χ1n) is 8.96. The number of nitrogens with zero attached hydrogens (tertiary/aromatic N) is 2. The maximum Gasteiger partial charge on any atom is 0.135 e. The summed E-state index contributed by atoms with van der Waals surface area (Å²) in [4.78, 5) is 4.67. The van der Waals surface area contributed by atoms with Crippen LogP contribution in [0.25, 0.3) is 11.0 Å². The standard InChI is InChI=1S/C21H26N2O2/c1-3-17-10-12-18(13-11-17)25-15-7-6-14-23-20-9-5-4-8-19(20)22-21(23)16-24-2/h4-5,8-13H,3,6-7,14-16H2,1-2H3. The first-order chi connectivity index (χ1) is 12.3. The minimum absolute atomic E-state index is 0.537. The molecule has 4 nitrogen and oxygen atoms in total. The summed E-state index contributed by atoms with van der Waals surface area (Å²) in [5.74, 6) is 1.94. The Hall–Kier alpha value is -2.33. The molecule has 3 rings (SSSR count). The van der Waals surface area contributed by atoms with Gasteiger partial charge in [0.15, 0.2) is 0 Å². The van der Waals surface area contributed by atoms with E-state index in [0.717, 1.165) is 49.5 Å². The fourth-order valence-corrected chi connectivity index (χ4v) is 3.00. The van der Waals surface area contributed by atoms with E-state index in [1.165, 1.54) is 11.1 Å². The number of methoxy groups -OCH3 is 1. The SMILES string of the molecule is CCc1ccc(OCCCCn2c(COC)nc3ccccc32)cc1. The molecule has 0 unspecified atom stereocenters. The maximum absolute atomic E-state index is 5.84. The minimum atomic E-state index is 0.537. The lowest BCUT2D eigenvalue weighted by Gasteiger charge is -2.10. The summed E-state index contributed by atoms with van der Waals surface area (Å²) in [6.07, 6.45) is 3.11. The topological polar surface area (TPSA) is 36.3 Å². The molecule has 0 aliphatic rings. The highest BCUT2D eigenvalue weighted by Crippen LogP contribution is 2.18. The molecule has 0 atom stereocenters. The summed E-state index contributed by atoms with van der Waals surface area (Å²) in [7, 11) is 1.71. The number of unbranched alkanes of at least 4 members (excludes halogenated alkanes) is 1. The van der Waals surface area contributed by atoms with Gasteiger partial charge in [-0.3, -0.25) is 0 Å². The molecule has 0 saturated carbocycles. The van der Waals surface area contributed by atoms with Gasteiger partial charge in [-0.25, -0.2) is 4.98 Å². The molecule has 0 aliphatic carbocycles. The molecule has 4 heteroatoms. The fourth-order valence-electron chi connectivity index (χ4n) is 3.00. The highest BCUT2D eigenvalue weighted by molar-refractivity contribution is 5.75. The van der Waals surface area contributed by atoms with E-state index in [1.807, 2.05) is 12.1 Å². The molecule has 1 aromatic heterocycles. The van der Waals surface area contributed by atoms with E-state index in [9.17, 15) is 0 Å². The molecule has 0 radical (unpaired) electrons. The fraction of sp³-hybridized carbons (Fsp3) is 0.381. The summed E-state index contributed by atoms with van der Waals surface area (Å²) >= 11 is 0. The number of ether oxygens (including phenoxy) is 2. The van der Waals surface area contributed by atoms with Gasteiger partial charge in [0.2, 0.25) is 0 Å². The van der Waals surface area contributed by atoms with E-state index < -0.39 is 0 Å². The van der Waals surface area contributed by atoms with Crippen LogP contribution < -0.4 is 4.74 Å². The first kappa shape index (κ1) is 17.5. The molecule has 0 aliphatic heterocycles. The second-order valence-corrected chi connectivity index (χ2v) is 6.15. The van der Waals surface area contributed by atoms with E-state index in [-0.39, 0.29) is 0 Å². The number of hydrogen-bond acceptors (Lipinski definition) is 3. The van der Waals surface area contributed by atoms with Crippen molar-refractivity contribution in [3.05, 3.63) is 59.9 Å². The van der Waals surface area contributed by atoms with Crippen molar-refractivity contribution in [2.45, 2.75) is 39.3 Å². The molecule has 0 spiro atoms. The second-order valence-electron chi connectivity index (χ2n) is 6.15. The molecular weight excluding hydrogens is 312 g/mol. The molecule has 132 valence electrons. The Morgan fingerprint density at radius 1 is 1.00 bits per heavy atom. The lowest BCUT2D eigenvalue weighted by molar-refractivity contribution is 0.174. The van der Waals surface area contributed by atoms with Crippen molar-refractivity contribution in [3.8, 4) is 5.75 Å². The van der Waals surface area contributed by atoms with Crippen LogP contribution in [0.4, 0.5) is 0 Å². The van der Waals surface area contributed by atoms with Crippen LogP contribution in [0.2, 0.25) is 0 Å². The Labute approximate surface area is 149 Å². The predicted molar refractivity (Wildman–Crippen MR) is 101 cm³/mol. The van der Waals surface area contributed by atoms with Gasteiger partial charge in [0.1, 0.15) is 18.2 Å². The van der Waals surface area contributed by atoms with Gasteiger partial charge in [-0.15, -0.1) is 0 Å². The van der Waals surface area contributed by atoms with Gasteiger partial charge in [-0.1, -0.05) is 31.2 Å². The number of para-hydroxylation sites is 2.